The van der Waals surface area contributed by atoms with Gasteiger partial charge in [-0.25, -0.2) is 14.1 Å². The van der Waals surface area contributed by atoms with E-state index in [0.717, 1.165) is 130 Å². The summed E-state index contributed by atoms with van der Waals surface area (Å²) in [5, 5.41) is 19.9. The molecule has 2 fully saturated rings. The lowest BCUT2D eigenvalue weighted by Gasteiger charge is -2.39. The summed E-state index contributed by atoms with van der Waals surface area (Å²) >= 11 is 0. The van der Waals surface area contributed by atoms with Gasteiger partial charge in [-0.3, -0.25) is 33.0 Å². The van der Waals surface area contributed by atoms with Crippen molar-refractivity contribution in [2.45, 2.75) is 114 Å². The molecule has 2 saturated heterocycles. The number of nitrogens with two attached hydrogens (primary N) is 1. The summed E-state index contributed by atoms with van der Waals surface area (Å²) in [5.41, 5.74) is 15.8. The monoisotopic (exact) mass is 1030 g/mol. The number of phosphoric acid groups is 1. The number of unbranched alkanes of at least 4 members (excludes halogenated alkanes) is 3. The first-order valence-corrected chi connectivity index (χ1v) is 28.0. The Morgan fingerprint density at radius 1 is 0.946 bits per heavy atom. The molecule has 0 saturated carbocycles. The zero-order valence-electron chi connectivity index (χ0n) is 41.7. The van der Waals surface area contributed by atoms with Crippen molar-refractivity contribution in [1.82, 2.24) is 34.3 Å². The maximum Gasteiger partial charge on any atom is 0.472 e. The molecule has 9 heterocycles. The summed E-state index contributed by atoms with van der Waals surface area (Å²) in [6.07, 6.45) is 7.76. The van der Waals surface area contributed by atoms with Gasteiger partial charge >= 0.3 is 7.82 Å². The lowest BCUT2D eigenvalue weighted by atomic mass is 9.81. The number of fused-ring (bicyclic) bond motifs is 6. The van der Waals surface area contributed by atoms with Crippen LogP contribution < -0.4 is 46.7 Å². The second-order valence-electron chi connectivity index (χ2n) is 20.7. The largest absolute Gasteiger partial charge is 0.472 e. The molecule has 0 bridgehead atoms. The molecular weight excluding hydrogens is 968 g/mol. The summed E-state index contributed by atoms with van der Waals surface area (Å²) in [4.78, 5) is 65.7. The zero-order chi connectivity index (χ0) is 50.8. The molecule has 74 heavy (non-hydrogen) atoms. The number of aromatic nitrogens is 4. The lowest BCUT2D eigenvalue weighted by molar-refractivity contribution is -0.121. The Bertz CT molecular complexity index is 3330. The first-order valence-electron chi connectivity index (χ1n) is 26.5. The van der Waals surface area contributed by atoms with Gasteiger partial charge in [0.1, 0.15) is 42.9 Å². The highest BCUT2D eigenvalue weighted by Gasteiger charge is 2.53. The van der Waals surface area contributed by atoms with Crippen LogP contribution in [0.1, 0.15) is 114 Å². The Morgan fingerprint density at radius 2 is 1.72 bits per heavy atom. The number of carbonyl (C=O) groups is 2. The Morgan fingerprint density at radius 3 is 2.57 bits per heavy atom. The normalized spacial score (nSPS) is 23.3. The van der Waals surface area contributed by atoms with Gasteiger partial charge in [-0.1, -0.05) is 31.0 Å². The SMILES string of the molecule is CN(CCCC(=O)NCCCCCCNc1nc2c(=O)[nH]c(N)nc2n1[C@@H]1O[C@@H]2COP(=O)(O)O[C@H]2[C@H]1O)C(=O)c1ccccc1C1=c2cc3c4c(c2Oc2c1cc1c5c2CCCN5CCC1)CCC[N+]=4CCC3. The molecule has 2 aromatic heterocycles. The maximum absolute atomic E-state index is 14.6. The molecule has 0 spiro atoms. The fourth-order valence-corrected chi connectivity index (χ4v) is 13.5. The lowest BCUT2D eigenvalue weighted by Crippen LogP contribution is -2.45. The Labute approximate surface area is 427 Å². The van der Waals surface area contributed by atoms with E-state index < -0.39 is 37.9 Å². The number of nitrogens with one attached hydrogen (secondary N) is 3. The van der Waals surface area contributed by atoms with Gasteiger partial charge in [-0.05, 0) is 87.1 Å². The van der Waals surface area contributed by atoms with E-state index in [1.807, 2.05) is 25.2 Å². The number of rotatable bonds is 15. The van der Waals surface area contributed by atoms with Crippen LogP contribution in [0.4, 0.5) is 17.6 Å². The van der Waals surface area contributed by atoms with E-state index in [1.54, 1.807) is 4.90 Å². The molecule has 7 N–H and O–H groups in total. The van der Waals surface area contributed by atoms with Crippen molar-refractivity contribution >= 4 is 54.0 Å². The van der Waals surface area contributed by atoms with Crippen LogP contribution in [0.2, 0.25) is 0 Å². The number of nitrogens with zero attached hydrogens (tertiary/aromatic N) is 6. The number of aliphatic hydroxyl groups is 1. The Hall–Kier alpha value is -6.15. The minimum absolute atomic E-state index is 0.0318. The van der Waals surface area contributed by atoms with Gasteiger partial charge in [0.05, 0.1) is 12.2 Å². The van der Waals surface area contributed by atoms with E-state index >= 15 is 0 Å². The Kier molecular flexibility index (Phi) is 13.1. The summed E-state index contributed by atoms with van der Waals surface area (Å²) in [5.74, 6) is 1.82. The third kappa shape index (κ3) is 8.85. The number of hydrogen-bond donors (Lipinski definition) is 6. The molecule has 2 amide bonds. The quantitative estimate of drug-likeness (QED) is 0.0489. The van der Waals surface area contributed by atoms with E-state index in [9.17, 15) is 28.9 Å². The van der Waals surface area contributed by atoms with Gasteiger partial charge in [0, 0.05) is 97.8 Å². The fourth-order valence-electron chi connectivity index (χ4n) is 12.5. The zero-order valence-corrected chi connectivity index (χ0v) is 42.6. The van der Waals surface area contributed by atoms with E-state index in [1.165, 1.54) is 37.9 Å². The van der Waals surface area contributed by atoms with Gasteiger partial charge in [0.25, 0.3) is 11.5 Å². The topological polar surface area (TPSA) is 252 Å². The smallest absolute Gasteiger partial charge is 0.455 e. The predicted octanol–water partition coefficient (Wildman–Crippen LogP) is 3.55. The first-order chi connectivity index (χ1) is 35.9. The Balaban J connectivity index is 0.672. The minimum atomic E-state index is -4.37. The van der Waals surface area contributed by atoms with Crippen molar-refractivity contribution < 1.29 is 42.7 Å². The van der Waals surface area contributed by atoms with E-state index in [0.29, 0.717) is 38.0 Å². The molecule has 0 aliphatic carbocycles. The summed E-state index contributed by atoms with van der Waals surface area (Å²) in [6, 6.07) is 12.8. The van der Waals surface area contributed by atoms with Gasteiger partial charge in [0.15, 0.2) is 17.4 Å². The highest BCUT2D eigenvalue weighted by atomic mass is 31.2. The number of phosphoric ester groups is 1. The van der Waals surface area contributed by atoms with Gasteiger partial charge < -0.3 is 45.6 Å². The predicted molar refractivity (Wildman–Crippen MR) is 276 cm³/mol. The van der Waals surface area contributed by atoms with Crippen molar-refractivity contribution in [2.75, 3.05) is 75.4 Å². The average molecular weight is 1030 g/mol. The van der Waals surface area contributed by atoms with Crippen LogP contribution in [0.15, 0.2) is 41.2 Å². The number of anilines is 3. The number of H-pyrrole nitrogens is 1. The van der Waals surface area contributed by atoms with E-state index in [2.05, 4.69) is 53.3 Å². The highest BCUT2D eigenvalue weighted by Crippen LogP contribution is 2.53. The number of amides is 2. The van der Waals surface area contributed by atoms with Crippen molar-refractivity contribution in [3.63, 3.8) is 0 Å². The molecule has 390 valence electrons. The number of imidazole rings is 1. The van der Waals surface area contributed by atoms with Crippen molar-refractivity contribution in [3.05, 3.63) is 96.3 Å². The molecule has 7 aliphatic heterocycles. The van der Waals surface area contributed by atoms with Crippen molar-refractivity contribution in [2.24, 2.45) is 0 Å². The number of ether oxygens (including phenoxy) is 2. The third-order valence-corrected chi connectivity index (χ3v) is 16.8. The molecule has 1 unspecified atom stereocenters. The van der Waals surface area contributed by atoms with Crippen LogP contribution in [0, 0.1) is 0 Å². The van der Waals surface area contributed by atoms with Crippen LogP contribution in [0.5, 0.6) is 11.5 Å². The number of aromatic amines is 1. The minimum Gasteiger partial charge on any atom is -0.455 e. The molecule has 0 radical (unpaired) electrons. The van der Waals surface area contributed by atoms with Crippen molar-refractivity contribution in [1.29, 1.82) is 0 Å². The second-order valence-corrected chi connectivity index (χ2v) is 22.1. The first kappa shape index (κ1) is 48.8. The number of aryl methyl sites for hydroxylation is 2. The van der Waals surface area contributed by atoms with Gasteiger partial charge in [-0.15, -0.1) is 0 Å². The standard InChI is InChI=1S/C53H63N10O10P/c1-60(22-12-19-39(64)55-20-6-2-3-7-21-56-53-57-41-48(58-52(54)59-49(41)66)63(53)51-44(65)47-38(71-51)29-70-74(68,69)73-47)50(67)33-16-5-4-15-32(33)40-36-27-30-13-8-23-61-25-10-17-34(42(30)61)45(36)72-46-35-18-11-26-62-24-9-14-31(43(35)62)28-37(40)46/h4-5,15-16,27-28,38,44,47,51,65H,2-3,6-14,17-26,29H2,1H3,(H5,54,55,59,64,66,67,68,69)/p+1/t38-,44-,47-,51-/m1/s1. The van der Waals surface area contributed by atoms with Crippen LogP contribution in [-0.4, -0.2) is 124 Å². The van der Waals surface area contributed by atoms with Gasteiger partial charge in [0.2, 0.25) is 23.2 Å². The molecular formula is C53H64N10O10P+. The van der Waals surface area contributed by atoms with Gasteiger partial charge in [-0.2, -0.15) is 4.98 Å². The second kappa shape index (κ2) is 19.8. The van der Waals surface area contributed by atoms with E-state index in [4.69, 9.17) is 24.3 Å². The van der Waals surface area contributed by atoms with Crippen molar-refractivity contribution in [3.8, 4) is 11.5 Å². The number of aliphatic hydroxyl groups excluding tert-OH is 1. The van der Waals surface area contributed by atoms with Crippen LogP contribution in [-0.2, 0) is 48.8 Å². The van der Waals surface area contributed by atoms with Crippen LogP contribution in [0.3, 0.4) is 0 Å². The van der Waals surface area contributed by atoms with Crippen LogP contribution >= 0.6 is 7.82 Å². The molecule has 21 heteroatoms. The molecule has 5 aromatic rings. The number of hydrogen-bond acceptors (Lipinski definition) is 14. The molecule has 12 rings (SSSR count). The van der Waals surface area contributed by atoms with Crippen LogP contribution in [0.25, 0.3) is 16.7 Å². The molecule has 7 aliphatic rings. The third-order valence-electron chi connectivity index (χ3n) is 15.9. The highest BCUT2D eigenvalue weighted by molar-refractivity contribution is 7.47. The molecule has 5 atom stereocenters. The summed E-state index contributed by atoms with van der Waals surface area (Å²) in [7, 11) is -2.55. The molecule has 3 aromatic carbocycles. The number of carbonyl (C=O) groups excluding carboxylic acids is 2. The summed E-state index contributed by atoms with van der Waals surface area (Å²) < 4.78 is 39.3. The van der Waals surface area contributed by atoms with E-state index in [-0.39, 0.29) is 47.9 Å². The fraction of sp³-hybridized carbons (Fsp3) is 0.509. The number of benzene rings is 3. The molecule has 20 nitrogen and oxygen atoms in total. The summed E-state index contributed by atoms with van der Waals surface area (Å²) in [6.45, 7) is 5.40. The maximum atomic E-state index is 14.6. The number of nitrogen functional groups attached to an aromatic ring is 1. The average Bonchev–Trinajstić information content (AvgIpc) is 3.92.